The molecule has 1 fully saturated rings. The quantitative estimate of drug-likeness (QED) is 0.782. The Balaban J connectivity index is 1.76. The molecule has 0 radical (unpaired) electrons. The van der Waals surface area contributed by atoms with Crippen molar-refractivity contribution in [1.82, 2.24) is 19.1 Å². The summed E-state index contributed by atoms with van der Waals surface area (Å²) in [7, 11) is -2.10. The molecule has 0 bridgehead atoms. The molecule has 0 amide bonds. The Labute approximate surface area is 154 Å². The highest BCUT2D eigenvalue weighted by atomic mass is 32.2. The summed E-state index contributed by atoms with van der Waals surface area (Å²) in [5.41, 5.74) is 0.0620. The van der Waals surface area contributed by atoms with Crippen molar-refractivity contribution in [2.45, 2.75) is 37.4 Å². The average molecular weight is 404 g/mol. The Hall–Kier alpha value is -2.14. The van der Waals surface area contributed by atoms with E-state index in [1.165, 1.54) is 8.99 Å². The van der Waals surface area contributed by atoms with E-state index in [9.17, 15) is 21.6 Å². The second-order valence-electron chi connectivity index (χ2n) is 6.40. The molecule has 1 atom stereocenters. The summed E-state index contributed by atoms with van der Waals surface area (Å²) < 4.78 is 72.5. The highest BCUT2D eigenvalue weighted by Gasteiger charge is 2.37. The first-order valence-corrected chi connectivity index (χ1v) is 9.64. The van der Waals surface area contributed by atoms with E-state index in [0.29, 0.717) is 17.8 Å². The molecular formula is C16H19F3N4O3S. The zero-order chi connectivity index (χ0) is 20.0. The summed E-state index contributed by atoms with van der Waals surface area (Å²) in [6.07, 6.45) is -3.70. The maximum atomic E-state index is 12.9. The fourth-order valence-electron chi connectivity index (χ4n) is 3.09. The third kappa shape index (κ3) is 3.79. The van der Waals surface area contributed by atoms with Crippen molar-refractivity contribution in [3.05, 3.63) is 35.3 Å². The van der Waals surface area contributed by atoms with Crippen LogP contribution in [0.2, 0.25) is 0 Å². The molecule has 2 aromatic rings. The van der Waals surface area contributed by atoms with Crippen LogP contribution in [-0.4, -0.2) is 46.7 Å². The number of alkyl halides is 3. The van der Waals surface area contributed by atoms with Gasteiger partial charge in [-0.05, 0) is 26.3 Å². The summed E-state index contributed by atoms with van der Waals surface area (Å²) in [4.78, 5) is 3.95. The molecule has 148 valence electrons. The van der Waals surface area contributed by atoms with Crippen LogP contribution in [0.25, 0.3) is 0 Å². The fraction of sp³-hybridized carbons (Fsp3) is 0.500. The smallest absolute Gasteiger partial charge is 0.416 e. The molecule has 1 aliphatic heterocycles. The molecular weight excluding hydrogens is 385 g/mol. The van der Waals surface area contributed by atoms with Crippen LogP contribution in [-0.2, 0) is 23.2 Å². The lowest BCUT2D eigenvalue weighted by atomic mass is 10.2. The summed E-state index contributed by atoms with van der Waals surface area (Å²) in [6, 6.07) is 1.67. The van der Waals surface area contributed by atoms with E-state index in [4.69, 9.17) is 4.74 Å². The molecule has 2 aromatic heterocycles. The minimum absolute atomic E-state index is 0.0357. The maximum Gasteiger partial charge on any atom is 0.416 e. The number of nitrogens with zero attached hydrogens (tertiary/aromatic N) is 4. The summed E-state index contributed by atoms with van der Waals surface area (Å²) in [5, 5.41) is 4.13. The van der Waals surface area contributed by atoms with Crippen LogP contribution >= 0.6 is 0 Å². The molecule has 7 nitrogen and oxygen atoms in total. The van der Waals surface area contributed by atoms with Crippen molar-refractivity contribution >= 4 is 10.0 Å². The molecule has 0 spiro atoms. The molecule has 1 unspecified atom stereocenters. The van der Waals surface area contributed by atoms with Crippen molar-refractivity contribution in [1.29, 1.82) is 0 Å². The van der Waals surface area contributed by atoms with Crippen molar-refractivity contribution in [2.24, 2.45) is 7.05 Å². The first-order chi connectivity index (χ1) is 12.5. The second kappa shape index (κ2) is 6.79. The number of pyridine rings is 1. The van der Waals surface area contributed by atoms with Crippen LogP contribution in [0.15, 0.2) is 23.2 Å². The van der Waals surface area contributed by atoms with Gasteiger partial charge >= 0.3 is 6.18 Å². The zero-order valence-electron chi connectivity index (χ0n) is 15.0. The van der Waals surface area contributed by atoms with Crippen molar-refractivity contribution < 1.29 is 26.3 Å². The molecule has 0 N–H and O–H groups in total. The van der Waals surface area contributed by atoms with Gasteiger partial charge < -0.3 is 4.74 Å². The van der Waals surface area contributed by atoms with Crippen LogP contribution in [0.1, 0.15) is 23.4 Å². The van der Waals surface area contributed by atoms with E-state index < -0.39 is 27.9 Å². The Morgan fingerprint density at radius 3 is 2.59 bits per heavy atom. The van der Waals surface area contributed by atoms with Gasteiger partial charge in [-0.25, -0.2) is 13.4 Å². The largest absolute Gasteiger partial charge is 0.473 e. The van der Waals surface area contributed by atoms with Gasteiger partial charge in [0.05, 0.1) is 23.5 Å². The number of ether oxygens (including phenoxy) is 1. The van der Waals surface area contributed by atoms with Gasteiger partial charge in [0.1, 0.15) is 11.0 Å². The Kier molecular flexibility index (Phi) is 4.93. The topological polar surface area (TPSA) is 77.3 Å². The Morgan fingerprint density at radius 1 is 1.30 bits per heavy atom. The van der Waals surface area contributed by atoms with Crippen molar-refractivity contribution in [3.8, 4) is 5.88 Å². The number of halogens is 3. The molecule has 1 saturated heterocycles. The van der Waals surface area contributed by atoms with Crippen LogP contribution < -0.4 is 4.74 Å². The predicted octanol–water partition coefficient (Wildman–Crippen LogP) is 2.29. The predicted molar refractivity (Wildman–Crippen MR) is 89.7 cm³/mol. The van der Waals surface area contributed by atoms with E-state index in [1.807, 2.05) is 0 Å². The lowest BCUT2D eigenvalue weighted by molar-refractivity contribution is -0.137. The van der Waals surface area contributed by atoms with Gasteiger partial charge in [-0.15, -0.1) is 0 Å². The minimum Gasteiger partial charge on any atom is -0.473 e. The monoisotopic (exact) mass is 404 g/mol. The van der Waals surface area contributed by atoms with E-state index in [2.05, 4.69) is 10.1 Å². The first kappa shape index (κ1) is 19.6. The van der Waals surface area contributed by atoms with E-state index >= 15 is 0 Å². The van der Waals surface area contributed by atoms with Gasteiger partial charge in [-0.3, -0.25) is 4.68 Å². The van der Waals surface area contributed by atoms with Gasteiger partial charge in [0.15, 0.2) is 0 Å². The third-order valence-electron chi connectivity index (χ3n) is 4.50. The lowest BCUT2D eigenvalue weighted by Crippen LogP contribution is -2.31. The number of hydrogen-bond donors (Lipinski definition) is 0. The number of aromatic nitrogens is 3. The van der Waals surface area contributed by atoms with E-state index in [-0.39, 0.29) is 23.9 Å². The number of hydrogen-bond acceptors (Lipinski definition) is 5. The molecule has 11 heteroatoms. The van der Waals surface area contributed by atoms with Gasteiger partial charge in [0.25, 0.3) is 0 Å². The van der Waals surface area contributed by atoms with Crippen molar-refractivity contribution in [3.63, 3.8) is 0 Å². The fourth-order valence-corrected chi connectivity index (χ4v) is 4.98. The second-order valence-corrected chi connectivity index (χ2v) is 8.27. The maximum absolute atomic E-state index is 12.9. The third-order valence-corrected chi connectivity index (χ3v) is 6.62. The minimum atomic E-state index is -4.50. The van der Waals surface area contributed by atoms with Gasteiger partial charge in [0, 0.05) is 25.9 Å². The summed E-state index contributed by atoms with van der Waals surface area (Å²) >= 11 is 0. The van der Waals surface area contributed by atoms with Gasteiger partial charge in [0.2, 0.25) is 15.9 Å². The van der Waals surface area contributed by atoms with E-state index in [1.54, 1.807) is 20.9 Å². The standard InChI is InChI=1S/C16H19F3N4O3S/c1-10-15(11(2)22(3)21-10)27(24,25)23-7-5-13(9-23)26-14-8-12(4-6-20-14)16(17,18)19/h4,6,8,13H,5,7,9H2,1-3H3. The van der Waals surface area contributed by atoms with Crippen LogP contribution in [0.4, 0.5) is 13.2 Å². The molecule has 0 aliphatic carbocycles. The molecule has 0 aromatic carbocycles. The molecule has 0 saturated carbocycles. The van der Waals surface area contributed by atoms with Crippen LogP contribution in [0.5, 0.6) is 5.88 Å². The molecule has 27 heavy (non-hydrogen) atoms. The summed E-state index contributed by atoms with van der Waals surface area (Å²) in [5.74, 6) is -0.178. The Morgan fingerprint density at radius 2 is 2.00 bits per heavy atom. The number of aryl methyl sites for hydroxylation is 2. The molecule has 3 heterocycles. The van der Waals surface area contributed by atoms with Crippen LogP contribution in [0.3, 0.4) is 0 Å². The number of rotatable bonds is 4. The van der Waals surface area contributed by atoms with Gasteiger partial charge in [-0.2, -0.15) is 22.6 Å². The zero-order valence-corrected chi connectivity index (χ0v) is 15.8. The average Bonchev–Trinajstić information content (AvgIpc) is 3.12. The van der Waals surface area contributed by atoms with E-state index in [0.717, 1.165) is 18.3 Å². The van der Waals surface area contributed by atoms with Gasteiger partial charge in [-0.1, -0.05) is 0 Å². The lowest BCUT2D eigenvalue weighted by Gasteiger charge is -2.17. The summed E-state index contributed by atoms with van der Waals surface area (Å²) in [6.45, 7) is 3.54. The molecule has 1 aliphatic rings. The number of sulfonamides is 1. The molecule has 3 rings (SSSR count). The highest BCUT2D eigenvalue weighted by Crippen LogP contribution is 2.31. The highest BCUT2D eigenvalue weighted by molar-refractivity contribution is 7.89. The Bertz CT molecular complexity index is 956. The van der Waals surface area contributed by atoms with Crippen molar-refractivity contribution in [2.75, 3.05) is 13.1 Å². The SMILES string of the molecule is Cc1nn(C)c(C)c1S(=O)(=O)N1CCC(Oc2cc(C(F)(F)F)ccn2)C1. The first-order valence-electron chi connectivity index (χ1n) is 8.20. The van der Waals surface area contributed by atoms with Crippen LogP contribution in [0, 0.1) is 13.8 Å². The normalized spacial score (nSPS) is 18.8.